The fraction of sp³-hybridized carbons (Fsp3) is 0.750. The highest BCUT2D eigenvalue weighted by atomic mass is 19.3. The maximum atomic E-state index is 12.9. The molecule has 8 heteroatoms. The lowest BCUT2D eigenvalue weighted by atomic mass is 9.78. The van der Waals surface area contributed by atoms with Crippen molar-refractivity contribution in [3.8, 4) is 0 Å². The first-order valence-electron chi connectivity index (χ1n) is 8.32. The summed E-state index contributed by atoms with van der Waals surface area (Å²) in [7, 11) is 1.70. The van der Waals surface area contributed by atoms with E-state index in [9.17, 15) is 18.7 Å². The molecule has 0 aliphatic heterocycles. The van der Waals surface area contributed by atoms with Gasteiger partial charge in [-0.3, -0.25) is 10.00 Å². The Bertz CT molecular complexity index is 639. The molecule has 2 amide bonds. The number of alkyl halides is 2. The Morgan fingerprint density at radius 3 is 2.46 bits per heavy atom. The van der Waals surface area contributed by atoms with Gasteiger partial charge >= 0.3 is 6.03 Å². The molecule has 3 rings (SSSR count). The van der Waals surface area contributed by atoms with Gasteiger partial charge in [0.1, 0.15) is 11.4 Å². The second-order valence-electron chi connectivity index (χ2n) is 7.48. The molecule has 2 aliphatic carbocycles. The first-order chi connectivity index (χ1) is 11.1. The number of aryl methyl sites for hydroxylation is 1. The lowest BCUT2D eigenvalue weighted by Crippen LogP contribution is -2.51. The lowest BCUT2D eigenvalue weighted by molar-refractivity contribution is -0.0893. The van der Waals surface area contributed by atoms with Crippen LogP contribution in [-0.4, -0.2) is 32.9 Å². The highest BCUT2D eigenvalue weighted by Gasteiger charge is 2.46. The van der Waals surface area contributed by atoms with Gasteiger partial charge in [0.15, 0.2) is 0 Å². The average Bonchev–Trinajstić information content (AvgIpc) is 2.63. The second-order valence-corrected chi connectivity index (χ2v) is 7.48. The van der Waals surface area contributed by atoms with E-state index in [1.165, 1.54) is 4.68 Å². The number of hydrogen-bond acceptors (Lipinski definition) is 3. The van der Waals surface area contributed by atoms with Crippen LogP contribution in [0.1, 0.15) is 63.1 Å². The van der Waals surface area contributed by atoms with Crippen LogP contribution in [0.25, 0.3) is 0 Å². The maximum absolute atomic E-state index is 12.9. The van der Waals surface area contributed by atoms with E-state index in [4.69, 9.17) is 0 Å². The van der Waals surface area contributed by atoms with Crippen molar-refractivity contribution < 1.29 is 18.7 Å². The fourth-order valence-corrected chi connectivity index (χ4v) is 3.32. The molecule has 2 fully saturated rings. The molecule has 6 nitrogen and oxygen atoms in total. The Morgan fingerprint density at radius 2 is 2.00 bits per heavy atom. The number of rotatable bonds is 4. The third-order valence-corrected chi connectivity index (χ3v) is 4.83. The van der Waals surface area contributed by atoms with E-state index >= 15 is 0 Å². The van der Waals surface area contributed by atoms with Crippen molar-refractivity contribution in [1.82, 2.24) is 15.1 Å². The van der Waals surface area contributed by atoms with Crippen LogP contribution in [0, 0.1) is 0 Å². The van der Waals surface area contributed by atoms with Gasteiger partial charge in [0.25, 0.3) is 5.92 Å². The number of aromatic nitrogens is 2. The van der Waals surface area contributed by atoms with Gasteiger partial charge in [-0.05, 0) is 32.6 Å². The quantitative estimate of drug-likeness (QED) is 0.787. The van der Waals surface area contributed by atoms with Crippen molar-refractivity contribution in [2.24, 2.45) is 7.05 Å². The summed E-state index contributed by atoms with van der Waals surface area (Å²) in [5, 5.41) is 20.1. The van der Waals surface area contributed by atoms with Crippen LogP contribution in [-0.2, 0) is 12.6 Å². The third kappa shape index (κ3) is 3.24. The summed E-state index contributed by atoms with van der Waals surface area (Å²) in [6.07, 6.45) is 2.43. The van der Waals surface area contributed by atoms with Crippen molar-refractivity contribution in [2.45, 2.75) is 69.4 Å². The van der Waals surface area contributed by atoms with Crippen LogP contribution in [0.5, 0.6) is 0 Å². The molecule has 134 valence electrons. The second kappa shape index (κ2) is 5.68. The van der Waals surface area contributed by atoms with E-state index in [-0.39, 0.29) is 18.8 Å². The van der Waals surface area contributed by atoms with E-state index < -0.39 is 23.6 Å². The normalized spacial score (nSPS) is 21.1. The van der Waals surface area contributed by atoms with Gasteiger partial charge < -0.3 is 10.4 Å². The van der Waals surface area contributed by atoms with Crippen LogP contribution in [0.3, 0.4) is 0 Å². The molecule has 1 aromatic heterocycles. The molecule has 0 radical (unpaired) electrons. The summed E-state index contributed by atoms with van der Waals surface area (Å²) in [6, 6.07) is -1.02. The van der Waals surface area contributed by atoms with Gasteiger partial charge in [-0.25, -0.2) is 13.6 Å². The topological polar surface area (TPSA) is 79.2 Å². The van der Waals surface area contributed by atoms with E-state index in [1.807, 2.05) is 0 Å². The van der Waals surface area contributed by atoms with Gasteiger partial charge in [0.05, 0.1) is 5.69 Å². The van der Waals surface area contributed by atoms with E-state index in [1.54, 1.807) is 20.9 Å². The Labute approximate surface area is 139 Å². The monoisotopic (exact) mass is 342 g/mol. The largest absolute Gasteiger partial charge is 0.384 e. The Hall–Kier alpha value is -1.70. The zero-order valence-corrected chi connectivity index (χ0v) is 14.2. The molecule has 24 heavy (non-hydrogen) atoms. The molecule has 0 atom stereocenters. The number of carbonyl (C=O) groups is 1. The minimum Gasteiger partial charge on any atom is -0.384 e. The molecule has 0 aromatic carbocycles. The summed E-state index contributed by atoms with van der Waals surface area (Å²) in [5.41, 5.74) is 0.292. The Balaban J connectivity index is 1.77. The summed E-state index contributed by atoms with van der Waals surface area (Å²) in [5.74, 6) is -1.89. The molecule has 0 unspecified atom stereocenters. The molecule has 0 bridgehead atoms. The van der Waals surface area contributed by atoms with Crippen molar-refractivity contribution in [1.29, 1.82) is 0 Å². The third-order valence-electron chi connectivity index (χ3n) is 4.83. The number of halogens is 2. The molecular formula is C16H24F2N4O2. The van der Waals surface area contributed by atoms with Crippen molar-refractivity contribution in [3.05, 3.63) is 11.3 Å². The molecule has 0 spiro atoms. The van der Waals surface area contributed by atoms with Crippen LogP contribution >= 0.6 is 0 Å². The van der Waals surface area contributed by atoms with Crippen LogP contribution < -0.4 is 10.6 Å². The van der Waals surface area contributed by atoms with E-state index in [0.717, 1.165) is 24.8 Å². The standard InChI is InChI=1S/C16H24F2N4O2/c1-15(2,24)12-11(9-5-4-6-9)13(22(3)21-12)20-14(23)19-10-7-16(17,18)8-10/h9-10,24H,4-8H2,1-3H3,(H2,19,20,23). The lowest BCUT2D eigenvalue weighted by Gasteiger charge is -2.35. The van der Waals surface area contributed by atoms with Crippen LogP contribution in [0.4, 0.5) is 19.4 Å². The minimum atomic E-state index is -2.67. The van der Waals surface area contributed by atoms with Crippen LogP contribution in [0.2, 0.25) is 0 Å². The zero-order valence-electron chi connectivity index (χ0n) is 14.2. The molecule has 2 saturated carbocycles. The van der Waals surface area contributed by atoms with E-state index in [0.29, 0.717) is 11.5 Å². The summed E-state index contributed by atoms with van der Waals surface area (Å²) in [6.45, 7) is 3.33. The predicted molar refractivity (Wildman–Crippen MR) is 85.2 cm³/mol. The van der Waals surface area contributed by atoms with Crippen molar-refractivity contribution in [3.63, 3.8) is 0 Å². The van der Waals surface area contributed by atoms with Gasteiger partial charge in [0, 0.05) is 31.5 Å². The molecule has 0 saturated heterocycles. The number of urea groups is 1. The van der Waals surface area contributed by atoms with Gasteiger partial charge in [-0.15, -0.1) is 0 Å². The van der Waals surface area contributed by atoms with Crippen LogP contribution in [0.15, 0.2) is 0 Å². The molecule has 3 N–H and O–H groups in total. The van der Waals surface area contributed by atoms with E-state index in [2.05, 4.69) is 15.7 Å². The molecule has 1 aromatic rings. The number of aliphatic hydroxyl groups is 1. The number of nitrogens with zero attached hydrogens (tertiary/aromatic N) is 2. The highest BCUT2D eigenvalue weighted by Crippen LogP contribution is 2.44. The van der Waals surface area contributed by atoms with Gasteiger partial charge in [0.2, 0.25) is 0 Å². The molecule has 1 heterocycles. The number of amides is 2. The fourth-order valence-electron chi connectivity index (χ4n) is 3.32. The number of anilines is 1. The Kier molecular flexibility index (Phi) is 4.06. The predicted octanol–water partition coefficient (Wildman–Crippen LogP) is 2.83. The van der Waals surface area contributed by atoms with Crippen molar-refractivity contribution in [2.75, 3.05) is 5.32 Å². The summed E-state index contributed by atoms with van der Waals surface area (Å²) in [4.78, 5) is 12.1. The number of nitrogens with one attached hydrogen (secondary N) is 2. The van der Waals surface area contributed by atoms with Crippen molar-refractivity contribution >= 4 is 11.8 Å². The maximum Gasteiger partial charge on any atom is 0.320 e. The van der Waals surface area contributed by atoms with Gasteiger partial charge in [-0.1, -0.05) is 6.42 Å². The smallest absolute Gasteiger partial charge is 0.320 e. The number of hydrogen-bond donors (Lipinski definition) is 3. The highest BCUT2D eigenvalue weighted by molar-refractivity contribution is 5.89. The summed E-state index contributed by atoms with van der Waals surface area (Å²) >= 11 is 0. The SMILES string of the molecule is Cn1nc(C(C)(C)O)c(C2CCC2)c1NC(=O)NC1CC(F)(F)C1. The first-order valence-corrected chi connectivity index (χ1v) is 8.32. The molecular weight excluding hydrogens is 318 g/mol. The van der Waals surface area contributed by atoms with Gasteiger partial charge in [-0.2, -0.15) is 5.10 Å². The minimum absolute atomic E-state index is 0.253. The zero-order chi connectivity index (χ0) is 17.7. The summed E-state index contributed by atoms with van der Waals surface area (Å²) < 4.78 is 27.3. The average molecular weight is 342 g/mol. The first kappa shape index (κ1) is 17.1. The molecule has 2 aliphatic rings. The Morgan fingerprint density at radius 1 is 1.38 bits per heavy atom. The number of carbonyl (C=O) groups excluding carboxylic acids is 1.